The third kappa shape index (κ3) is 2.78. The van der Waals surface area contributed by atoms with Gasteiger partial charge in [0.2, 0.25) is 0 Å². The quantitative estimate of drug-likeness (QED) is 0.674. The summed E-state index contributed by atoms with van der Waals surface area (Å²) in [6.45, 7) is 3.73. The predicted octanol–water partition coefficient (Wildman–Crippen LogP) is 1.61. The highest BCUT2D eigenvalue weighted by Crippen LogP contribution is 2.33. The van der Waals surface area contributed by atoms with Crippen LogP contribution in [-0.2, 0) is 10.0 Å². The maximum absolute atomic E-state index is 12.8. The van der Waals surface area contributed by atoms with Crippen LogP contribution in [-0.4, -0.2) is 30.4 Å². The average molecular weight is 313 g/mol. The fourth-order valence-corrected chi connectivity index (χ4v) is 4.70. The molecule has 1 fully saturated rings. The van der Waals surface area contributed by atoms with E-state index in [2.05, 4.69) is 0 Å². The number of nitrogens with zero attached hydrogens (tertiary/aromatic N) is 2. The lowest BCUT2D eigenvalue weighted by Gasteiger charge is -2.36. The summed E-state index contributed by atoms with van der Waals surface area (Å²) < 4.78 is 26.9. The van der Waals surface area contributed by atoms with Gasteiger partial charge in [0.15, 0.2) is 4.90 Å². The third-order valence-corrected chi connectivity index (χ3v) is 6.00. The van der Waals surface area contributed by atoms with Crippen LogP contribution < -0.4 is 5.73 Å². The van der Waals surface area contributed by atoms with Gasteiger partial charge in [0.05, 0.1) is 11.1 Å². The minimum Gasteiger partial charge on any atom is -0.315 e. The lowest BCUT2D eigenvalue weighted by atomic mass is 9.99. The largest absolute Gasteiger partial charge is 0.315 e. The molecule has 0 radical (unpaired) electrons. The lowest BCUT2D eigenvalue weighted by molar-refractivity contribution is -0.388. The molecule has 0 spiro atoms. The van der Waals surface area contributed by atoms with Crippen LogP contribution in [0.25, 0.3) is 0 Å². The highest BCUT2D eigenvalue weighted by atomic mass is 32.2. The Hall–Kier alpha value is -1.51. The van der Waals surface area contributed by atoms with Gasteiger partial charge in [0.1, 0.15) is 0 Å². The Labute approximate surface area is 123 Å². The molecule has 8 heteroatoms. The van der Waals surface area contributed by atoms with Crippen LogP contribution in [0.15, 0.2) is 23.1 Å². The number of aryl methyl sites for hydroxylation is 1. The van der Waals surface area contributed by atoms with Crippen molar-refractivity contribution >= 4 is 15.7 Å². The first kappa shape index (κ1) is 15.9. The summed E-state index contributed by atoms with van der Waals surface area (Å²) in [5.41, 5.74) is 5.95. The molecule has 2 atom stereocenters. The second-order valence-corrected chi connectivity index (χ2v) is 7.23. The molecule has 0 aromatic heterocycles. The first-order valence-electron chi connectivity index (χ1n) is 6.78. The summed E-state index contributed by atoms with van der Waals surface area (Å²) in [6.07, 6.45) is 0.902. The van der Waals surface area contributed by atoms with E-state index in [0.29, 0.717) is 18.5 Å². The predicted molar refractivity (Wildman–Crippen MR) is 78.1 cm³/mol. The van der Waals surface area contributed by atoms with Crippen molar-refractivity contribution in [2.24, 2.45) is 11.7 Å². The van der Waals surface area contributed by atoms with Gasteiger partial charge in [-0.25, -0.2) is 8.42 Å². The van der Waals surface area contributed by atoms with Crippen molar-refractivity contribution in [1.82, 2.24) is 4.31 Å². The van der Waals surface area contributed by atoms with Crippen LogP contribution in [0, 0.1) is 23.0 Å². The normalized spacial score (nSPS) is 24.0. The molecule has 0 bridgehead atoms. The number of benzene rings is 1. The summed E-state index contributed by atoms with van der Waals surface area (Å²) >= 11 is 0. The second kappa shape index (κ2) is 5.70. The van der Waals surface area contributed by atoms with Gasteiger partial charge in [-0.1, -0.05) is 19.1 Å². The van der Waals surface area contributed by atoms with Gasteiger partial charge in [-0.15, -0.1) is 0 Å². The second-order valence-electron chi connectivity index (χ2n) is 5.41. The molecule has 2 N–H and O–H groups in total. The minimum atomic E-state index is -3.98. The van der Waals surface area contributed by atoms with E-state index in [1.165, 1.54) is 16.4 Å². The van der Waals surface area contributed by atoms with Gasteiger partial charge in [0.25, 0.3) is 15.7 Å². The lowest BCUT2D eigenvalue weighted by Crippen LogP contribution is -2.52. The standard InChI is InChI=1S/C13H19N3O4S/c1-9-5-3-7-11(16(17)18)12(9)21(19,20)15-8-4-6-10(2)13(15)14/h3,5,7,10,13H,4,6,8,14H2,1-2H3. The molecule has 21 heavy (non-hydrogen) atoms. The van der Waals surface area contributed by atoms with Gasteiger partial charge in [-0.3, -0.25) is 10.1 Å². The monoisotopic (exact) mass is 313 g/mol. The molecule has 0 aliphatic carbocycles. The molecule has 1 aromatic rings. The van der Waals surface area contributed by atoms with Crippen molar-refractivity contribution in [3.8, 4) is 0 Å². The Kier molecular flexibility index (Phi) is 4.31. The zero-order chi connectivity index (χ0) is 15.8. The van der Waals surface area contributed by atoms with Crippen molar-refractivity contribution in [2.75, 3.05) is 6.54 Å². The average Bonchev–Trinajstić information content (AvgIpc) is 2.41. The number of rotatable bonds is 3. The number of hydrogen-bond donors (Lipinski definition) is 1. The van der Waals surface area contributed by atoms with Crippen molar-refractivity contribution in [1.29, 1.82) is 0 Å². The molecule has 116 valence electrons. The summed E-state index contributed by atoms with van der Waals surface area (Å²) in [5.74, 6) is 0.0246. The Bertz CT molecular complexity index is 659. The van der Waals surface area contributed by atoms with Crippen molar-refractivity contribution in [3.05, 3.63) is 33.9 Å². The number of nitrogens with two attached hydrogens (primary N) is 1. The Morgan fingerprint density at radius 1 is 1.43 bits per heavy atom. The van der Waals surface area contributed by atoms with E-state index >= 15 is 0 Å². The van der Waals surface area contributed by atoms with Crippen LogP contribution in [0.3, 0.4) is 0 Å². The zero-order valence-corrected chi connectivity index (χ0v) is 12.8. The number of hydrogen-bond acceptors (Lipinski definition) is 5. The van der Waals surface area contributed by atoms with Crippen molar-refractivity contribution in [2.45, 2.75) is 37.8 Å². The Balaban J connectivity index is 2.57. The molecular weight excluding hydrogens is 294 g/mol. The van der Waals surface area contributed by atoms with Crippen LogP contribution in [0.1, 0.15) is 25.3 Å². The maximum Gasteiger partial charge on any atom is 0.289 e. The molecular formula is C13H19N3O4S. The van der Waals surface area contributed by atoms with E-state index in [9.17, 15) is 18.5 Å². The number of sulfonamides is 1. The van der Waals surface area contributed by atoms with E-state index in [1.807, 2.05) is 6.92 Å². The fourth-order valence-electron chi connectivity index (χ4n) is 2.69. The topological polar surface area (TPSA) is 107 Å². The first-order valence-corrected chi connectivity index (χ1v) is 8.22. The van der Waals surface area contributed by atoms with Gasteiger partial charge in [-0.05, 0) is 31.2 Å². The van der Waals surface area contributed by atoms with Gasteiger partial charge < -0.3 is 5.73 Å². The highest BCUT2D eigenvalue weighted by Gasteiger charge is 2.39. The smallest absolute Gasteiger partial charge is 0.289 e. The molecule has 2 unspecified atom stereocenters. The molecule has 0 saturated carbocycles. The van der Waals surface area contributed by atoms with E-state index in [4.69, 9.17) is 5.73 Å². The number of nitro groups is 1. The van der Waals surface area contributed by atoms with Crippen LogP contribution in [0.2, 0.25) is 0 Å². The van der Waals surface area contributed by atoms with Crippen molar-refractivity contribution < 1.29 is 13.3 Å². The first-order chi connectivity index (χ1) is 9.76. The molecule has 1 heterocycles. The molecule has 1 saturated heterocycles. The molecule has 1 aromatic carbocycles. The minimum absolute atomic E-state index is 0.0246. The summed E-state index contributed by atoms with van der Waals surface area (Å²) in [5, 5.41) is 11.1. The highest BCUT2D eigenvalue weighted by molar-refractivity contribution is 7.89. The summed E-state index contributed by atoms with van der Waals surface area (Å²) in [6, 6.07) is 4.24. The van der Waals surface area contributed by atoms with Gasteiger partial charge in [-0.2, -0.15) is 4.31 Å². The van der Waals surface area contributed by atoms with Gasteiger partial charge in [0, 0.05) is 12.6 Å². The molecule has 7 nitrogen and oxygen atoms in total. The molecule has 1 aliphatic rings. The number of nitro benzene ring substituents is 1. The zero-order valence-electron chi connectivity index (χ0n) is 12.0. The summed E-state index contributed by atoms with van der Waals surface area (Å²) in [4.78, 5) is 10.2. The Morgan fingerprint density at radius 3 is 2.71 bits per heavy atom. The third-order valence-electron chi connectivity index (χ3n) is 3.91. The van der Waals surface area contributed by atoms with Crippen LogP contribution in [0.5, 0.6) is 0 Å². The fraction of sp³-hybridized carbons (Fsp3) is 0.538. The van der Waals surface area contributed by atoms with Crippen molar-refractivity contribution in [3.63, 3.8) is 0 Å². The van der Waals surface area contributed by atoms with Gasteiger partial charge >= 0.3 is 0 Å². The van der Waals surface area contributed by atoms with E-state index in [0.717, 1.165) is 6.42 Å². The molecule has 1 aliphatic heterocycles. The SMILES string of the molecule is Cc1cccc([N+](=O)[O-])c1S(=O)(=O)N1CCCC(C)C1N. The van der Waals surface area contributed by atoms with E-state index < -0.39 is 26.8 Å². The van der Waals surface area contributed by atoms with Crippen LogP contribution >= 0.6 is 0 Å². The number of piperidine rings is 1. The van der Waals surface area contributed by atoms with E-state index in [-0.39, 0.29) is 10.8 Å². The molecule has 0 amide bonds. The van der Waals surface area contributed by atoms with E-state index in [1.54, 1.807) is 13.0 Å². The molecule has 2 rings (SSSR count). The van der Waals surface area contributed by atoms with Crippen LogP contribution in [0.4, 0.5) is 5.69 Å². The maximum atomic E-state index is 12.8. The summed E-state index contributed by atoms with van der Waals surface area (Å²) in [7, 11) is -3.98. The Morgan fingerprint density at radius 2 is 2.10 bits per heavy atom.